The second-order valence-electron chi connectivity index (χ2n) is 27.8. The van der Waals surface area contributed by atoms with E-state index in [4.69, 9.17) is 92.8 Å². The van der Waals surface area contributed by atoms with E-state index in [0.717, 1.165) is 44.5 Å². The van der Waals surface area contributed by atoms with Crippen LogP contribution in [0.2, 0.25) is 40.2 Å². The van der Waals surface area contributed by atoms with Gasteiger partial charge in [0.1, 0.15) is 11.6 Å². The molecule has 0 atom stereocenters. The van der Waals surface area contributed by atoms with Crippen molar-refractivity contribution in [1.82, 2.24) is 17.9 Å². The lowest BCUT2D eigenvalue weighted by atomic mass is 10.00. The Hall–Kier alpha value is -9.76. The molecule has 0 unspecified atom stereocenters. The number of ketones is 2. The van der Waals surface area contributed by atoms with Gasteiger partial charge >= 0.3 is 0 Å². The predicted octanol–water partition coefficient (Wildman–Crippen LogP) is 23.4. The van der Waals surface area contributed by atoms with Gasteiger partial charge in [-0.3, -0.25) is 19.0 Å². The Balaban J connectivity index is 0.000000154. The van der Waals surface area contributed by atoms with Gasteiger partial charge in [0.05, 0.1) is 84.5 Å². The van der Waals surface area contributed by atoms with Crippen molar-refractivity contribution in [2.75, 3.05) is 20.1 Å². The molecule has 2 heterocycles. The summed E-state index contributed by atoms with van der Waals surface area (Å²) in [5, 5.41) is 9.20. The van der Waals surface area contributed by atoms with E-state index in [0.29, 0.717) is 107 Å². The van der Waals surface area contributed by atoms with Crippen molar-refractivity contribution < 1.29 is 43.3 Å². The summed E-state index contributed by atoms with van der Waals surface area (Å²) in [7, 11) is -15.4. The van der Waals surface area contributed by atoms with Crippen LogP contribution in [-0.4, -0.2) is 63.2 Å². The van der Waals surface area contributed by atoms with Gasteiger partial charge < -0.3 is 10.6 Å². The number of halogens is 8. The summed E-state index contributed by atoms with van der Waals surface area (Å²) in [5.41, 5.74) is 13.4. The maximum Gasteiger partial charge on any atom is 0.271 e. The Morgan fingerprint density at radius 1 is 0.305 bits per heavy atom. The number of anilines is 6. The number of sulfonamides is 2. The van der Waals surface area contributed by atoms with Gasteiger partial charge in [0.2, 0.25) is 11.9 Å². The van der Waals surface area contributed by atoms with Crippen LogP contribution in [0, 0.1) is 55.4 Å². The Morgan fingerprint density at radius 2 is 0.627 bits per heavy atom. The van der Waals surface area contributed by atoms with Crippen LogP contribution in [0.4, 0.5) is 34.6 Å². The molecule has 0 aliphatic heterocycles. The molecule has 0 radical (unpaired) electrons. The Morgan fingerprint density at radius 3 is 1.06 bits per heavy atom. The van der Waals surface area contributed by atoms with E-state index in [2.05, 4.69) is 30.0 Å². The smallest absolute Gasteiger partial charge is 0.271 e. The average Bonchev–Trinajstić information content (AvgIpc) is 1.59. The van der Waals surface area contributed by atoms with Crippen LogP contribution < -0.4 is 20.1 Å². The molecule has 0 aliphatic carbocycles. The van der Waals surface area contributed by atoms with E-state index < -0.39 is 40.1 Å². The maximum absolute atomic E-state index is 13.5. The summed E-state index contributed by atoms with van der Waals surface area (Å²) in [6.07, 6.45) is 0.232. The van der Waals surface area contributed by atoms with Crippen molar-refractivity contribution in [1.29, 1.82) is 0 Å². The zero-order chi connectivity index (χ0) is 85.3. The third-order valence-electron chi connectivity index (χ3n) is 18.4. The minimum absolute atomic E-state index is 0.0492. The number of rotatable bonds is 22. The third-order valence-corrected chi connectivity index (χ3v) is 27.3. The Kier molecular flexibility index (Phi) is 28.7. The highest BCUT2D eigenvalue weighted by Crippen LogP contribution is 2.39. The number of carbonyl (C=O) groups excluding carboxylic acids is 2. The Bertz CT molecular complexity index is 6510. The molecule has 0 fully saturated rings. The molecule has 0 bridgehead atoms. The summed E-state index contributed by atoms with van der Waals surface area (Å²) >= 11 is 49.8. The maximum atomic E-state index is 13.5. The number of nitrogens with zero attached hydrogens (tertiary/aromatic N) is 4. The standard InChI is InChI=1S/2C23H21Cl2NO3S.2C21H17Cl2N3O2S/c1-15-7-10-19(11-8-15)30(28,29)26-23-12-16(2)6-9-17(23)13-18(27)14-20-21(24)4-3-5-22(20)25;1-15-6-9-19(10-7-15)30(28,29)26-23-11-8-16(2)12-17(23)13-18(27)14-20-21(24)4-3-5-22(20)25;1-13-6-9-15(10-7-13)29(27,28)26-19-11-8-14(2)12-18(19)24-21(26)25-20-16(22)4-3-5-17(20)23;1-13-6-9-15(10-7-13)29(27,28)26-19-12-14(2)8-11-18(19)24-21(26)25-20-16(22)4-3-5-17(20)23/h2*3-12,26H,13-14H2,1-2H3;2*3-12H,1-2H3,(H,24,25). The highest BCUT2D eigenvalue weighted by atomic mass is 35.5. The van der Waals surface area contributed by atoms with Gasteiger partial charge in [-0.05, 0) is 228 Å². The Labute approximate surface area is 726 Å². The van der Waals surface area contributed by atoms with E-state index >= 15 is 0 Å². The van der Waals surface area contributed by atoms with E-state index in [9.17, 15) is 43.3 Å². The highest BCUT2D eigenvalue weighted by molar-refractivity contribution is 7.93. The first-order chi connectivity index (χ1) is 55.8. The van der Waals surface area contributed by atoms with Crippen LogP contribution in [0.5, 0.6) is 0 Å². The average molecular weight is 1820 g/mol. The molecule has 0 aliphatic rings. The molecule has 2 aromatic heterocycles. The first kappa shape index (κ1) is 89.0. The van der Waals surface area contributed by atoms with Gasteiger partial charge in [-0.2, -0.15) is 0 Å². The number of benzene rings is 12. The summed E-state index contributed by atoms with van der Waals surface area (Å²) in [6.45, 7) is 15.1. The predicted molar refractivity (Wildman–Crippen MR) is 480 cm³/mol. The topological polar surface area (TPSA) is 254 Å². The van der Waals surface area contributed by atoms with Gasteiger partial charge in [0.25, 0.3) is 40.1 Å². The number of nitrogens with one attached hydrogen (secondary N) is 4. The first-order valence-electron chi connectivity index (χ1n) is 36.2. The quantitative estimate of drug-likeness (QED) is 0.0492. The number of hydrogen-bond donors (Lipinski definition) is 4. The molecular formula is C88H76Cl8N8O10S4. The van der Waals surface area contributed by atoms with Crippen LogP contribution in [-0.2, 0) is 75.4 Å². The molecule has 14 aromatic rings. The van der Waals surface area contributed by atoms with E-state index in [1.54, 1.807) is 218 Å². The van der Waals surface area contributed by atoms with E-state index in [1.165, 1.54) is 7.94 Å². The minimum Gasteiger partial charge on any atom is -0.322 e. The SMILES string of the molecule is Cc1ccc(S(=O)(=O)Nc2cc(C)ccc2CC(=O)Cc2c(Cl)cccc2Cl)cc1.Cc1ccc(S(=O)(=O)Nc2ccc(C)cc2CC(=O)Cc2c(Cl)cccc2Cl)cc1.Cc1ccc(S(=O)(=O)n2c(Nc3c(Cl)cccc3Cl)nc3cc(C)ccc32)cc1.Cc1ccc(S(=O)(=O)n2c(Nc3c(Cl)cccc3Cl)nc3ccc(C)cc32)cc1. The second-order valence-corrected chi connectivity index (χ2v) is 38.0. The van der Waals surface area contributed by atoms with Gasteiger partial charge in [-0.1, -0.05) is 230 Å². The lowest BCUT2D eigenvalue weighted by Crippen LogP contribution is -2.16. The number of carbonyl (C=O) groups is 2. The van der Waals surface area contributed by atoms with Crippen molar-refractivity contribution in [3.05, 3.63) is 350 Å². The molecule has 0 amide bonds. The second kappa shape index (κ2) is 38.1. The van der Waals surface area contributed by atoms with Crippen molar-refractivity contribution in [2.45, 2.75) is 101 Å². The molecule has 0 saturated carbocycles. The molecule has 30 heteroatoms. The van der Waals surface area contributed by atoms with Crippen LogP contribution in [0.1, 0.15) is 66.8 Å². The summed E-state index contributed by atoms with van der Waals surface area (Å²) in [5.74, 6) is -0.0154. The first-order valence-corrected chi connectivity index (χ1v) is 45.0. The van der Waals surface area contributed by atoms with Gasteiger partial charge in [0.15, 0.2) is 0 Å². The van der Waals surface area contributed by atoms with Crippen molar-refractivity contribution in [3.63, 3.8) is 0 Å². The molecule has 12 aromatic carbocycles. The highest BCUT2D eigenvalue weighted by Gasteiger charge is 2.29. The zero-order valence-corrected chi connectivity index (χ0v) is 73.8. The minimum atomic E-state index is -3.93. The lowest BCUT2D eigenvalue weighted by Gasteiger charge is -2.14. The number of aryl methyl sites for hydroxylation is 8. The van der Waals surface area contributed by atoms with E-state index in [-0.39, 0.29) is 68.7 Å². The fourth-order valence-electron chi connectivity index (χ4n) is 12.2. The fourth-order valence-corrected chi connectivity index (χ4v) is 19.2. The fraction of sp³-hybridized carbons (Fsp3) is 0.136. The molecule has 0 spiro atoms. The van der Waals surface area contributed by atoms with Crippen LogP contribution in [0.25, 0.3) is 22.1 Å². The molecule has 14 rings (SSSR count). The largest absolute Gasteiger partial charge is 0.322 e. The normalized spacial score (nSPS) is 11.5. The van der Waals surface area contributed by atoms with Crippen LogP contribution in [0.15, 0.2) is 262 Å². The summed E-state index contributed by atoms with van der Waals surface area (Å²) in [4.78, 5) is 35.1. The number of hydrogen-bond acceptors (Lipinski definition) is 14. The van der Waals surface area contributed by atoms with Crippen molar-refractivity contribution in [2.24, 2.45) is 0 Å². The summed E-state index contributed by atoms with van der Waals surface area (Å²) < 4.78 is 113. The molecule has 118 heavy (non-hydrogen) atoms. The molecule has 608 valence electrons. The molecule has 4 N–H and O–H groups in total. The number of fused-ring (bicyclic) bond motifs is 2. The van der Waals surface area contributed by atoms with Crippen LogP contribution in [0.3, 0.4) is 0 Å². The monoisotopic (exact) mass is 1810 g/mol. The lowest BCUT2D eigenvalue weighted by molar-refractivity contribution is -0.118. The van der Waals surface area contributed by atoms with Crippen molar-refractivity contribution >= 4 is 201 Å². The zero-order valence-electron chi connectivity index (χ0n) is 64.5. The molecule has 0 saturated heterocycles. The van der Waals surface area contributed by atoms with Crippen LogP contribution >= 0.6 is 92.8 Å². The van der Waals surface area contributed by atoms with Gasteiger partial charge in [-0.25, -0.2) is 51.6 Å². The molecule has 18 nitrogen and oxygen atoms in total. The van der Waals surface area contributed by atoms with Crippen molar-refractivity contribution in [3.8, 4) is 0 Å². The van der Waals surface area contributed by atoms with E-state index in [1.807, 2.05) is 79.7 Å². The third kappa shape index (κ3) is 21.8. The number of Topliss-reactive ketones (excluding diaryl/α,β-unsaturated/α-hetero) is 2. The number of para-hydroxylation sites is 2. The number of imidazole rings is 2. The van der Waals surface area contributed by atoms with Gasteiger partial charge in [0, 0.05) is 45.8 Å². The summed E-state index contributed by atoms with van der Waals surface area (Å²) in [6, 6.07) is 68.2. The molecular weight excluding hydrogens is 1740 g/mol. The van der Waals surface area contributed by atoms with Gasteiger partial charge in [-0.15, -0.1) is 0 Å². The number of aromatic nitrogens is 4.